The summed E-state index contributed by atoms with van der Waals surface area (Å²) in [4.78, 5) is 11.4. The van der Waals surface area contributed by atoms with Crippen LogP contribution in [-0.4, -0.2) is 37.5 Å². The van der Waals surface area contributed by atoms with Crippen molar-refractivity contribution in [3.63, 3.8) is 0 Å². The van der Waals surface area contributed by atoms with Crippen molar-refractivity contribution < 1.29 is 17.8 Å². The molecule has 1 aromatic rings. The number of hydrogen-bond acceptors (Lipinski definition) is 7. The van der Waals surface area contributed by atoms with Crippen LogP contribution in [0.2, 0.25) is 0 Å². The minimum Gasteiger partial charge on any atom is -0.296 e. The highest BCUT2D eigenvalue weighted by atomic mass is 32.2. The fourth-order valence-corrected chi connectivity index (χ4v) is 3.38. The normalized spacial score (nSPS) is 23.4. The first-order chi connectivity index (χ1) is 9.10. The van der Waals surface area contributed by atoms with Gasteiger partial charge in [0.05, 0.1) is 0 Å². The second-order valence-corrected chi connectivity index (χ2v) is 5.72. The molecule has 0 radical (unpaired) electrons. The van der Waals surface area contributed by atoms with Crippen LogP contribution in [0.3, 0.4) is 0 Å². The monoisotopic (exact) mass is 319 g/mol. The zero-order chi connectivity index (χ0) is 13.9. The molecule has 2 unspecified atom stereocenters. The number of aldehydes is 1. The molecule has 0 spiro atoms. The largest absolute Gasteiger partial charge is 0.312 e. The van der Waals surface area contributed by atoms with Gasteiger partial charge in [-0.05, 0) is 11.4 Å². The highest BCUT2D eigenvalue weighted by molar-refractivity contribution is 7.82. The summed E-state index contributed by atoms with van der Waals surface area (Å²) in [7, 11) is -2.90. The first-order valence-corrected chi connectivity index (χ1v) is 7.83. The molecule has 102 valence electrons. The zero-order valence-electron chi connectivity index (χ0n) is 9.63. The minimum absolute atomic E-state index is 0.0411. The van der Waals surface area contributed by atoms with E-state index in [4.69, 9.17) is 12.2 Å². The van der Waals surface area contributed by atoms with Gasteiger partial charge in [-0.15, -0.1) is 9.71 Å². The van der Waals surface area contributed by atoms with Crippen molar-refractivity contribution in [2.24, 2.45) is 10.3 Å². The Labute approximate surface area is 120 Å². The first kappa shape index (κ1) is 14.2. The van der Waals surface area contributed by atoms with Crippen LogP contribution in [0.15, 0.2) is 27.2 Å². The standard InChI is InChI=1S/C9H10N4O3S3/c14-5-8(7-1-4-18-6-7)13(3-2-10-12-13)9(17)11-19(15)16/h1,4-6,8,19H,2-3H2/p+1. The summed E-state index contributed by atoms with van der Waals surface area (Å²) in [5, 5.41) is 11.5. The van der Waals surface area contributed by atoms with Crippen LogP contribution in [-0.2, 0) is 15.7 Å². The average Bonchev–Trinajstić information content (AvgIpc) is 3.00. The number of hydrogen-bond donors (Lipinski definition) is 2. The van der Waals surface area contributed by atoms with Crippen LogP contribution < -0.4 is 4.72 Å². The lowest BCUT2D eigenvalue weighted by Crippen LogP contribution is -2.54. The Bertz CT molecular complexity index is 576. The van der Waals surface area contributed by atoms with Gasteiger partial charge in [-0.1, -0.05) is 0 Å². The topological polar surface area (TPSA) is 88.0 Å². The molecule has 1 aliphatic rings. The summed E-state index contributed by atoms with van der Waals surface area (Å²) in [5.74, 6) is 0. The molecule has 0 bridgehead atoms. The third-order valence-electron chi connectivity index (χ3n) is 2.78. The molecule has 0 aliphatic carbocycles. The SMILES string of the molecule is O=CC(c1ccsc1)[N+]1(C(=S)N[SH](=O)=O)CCN=N1. The van der Waals surface area contributed by atoms with Crippen LogP contribution in [0, 0.1) is 0 Å². The van der Waals surface area contributed by atoms with Crippen LogP contribution in [0.4, 0.5) is 0 Å². The van der Waals surface area contributed by atoms with E-state index in [1.54, 1.807) is 6.07 Å². The summed E-state index contributed by atoms with van der Waals surface area (Å²) in [6, 6.07) is 1.10. The van der Waals surface area contributed by atoms with E-state index in [9.17, 15) is 13.2 Å². The van der Waals surface area contributed by atoms with Gasteiger partial charge in [0.25, 0.3) is 0 Å². The molecule has 2 atom stereocenters. The maximum Gasteiger partial charge on any atom is 0.312 e. The van der Waals surface area contributed by atoms with Gasteiger partial charge >= 0.3 is 5.11 Å². The van der Waals surface area contributed by atoms with Crippen LogP contribution >= 0.6 is 23.6 Å². The molecule has 2 heterocycles. The predicted octanol–water partition coefficient (Wildman–Crippen LogP) is 0.587. The molecule has 10 heteroatoms. The summed E-state index contributed by atoms with van der Waals surface area (Å²) in [5.41, 5.74) is 0.742. The number of thiol groups is 1. The van der Waals surface area contributed by atoms with E-state index in [2.05, 4.69) is 15.1 Å². The van der Waals surface area contributed by atoms with Crippen molar-refractivity contribution in [2.75, 3.05) is 13.1 Å². The van der Waals surface area contributed by atoms with Crippen molar-refractivity contribution in [3.8, 4) is 0 Å². The molecular formula is C9H11N4O3S3+. The van der Waals surface area contributed by atoms with Crippen molar-refractivity contribution in [1.82, 2.24) is 4.72 Å². The molecule has 0 fully saturated rings. The molecular weight excluding hydrogens is 308 g/mol. The number of thiocarbonyl (C=S) groups is 1. The van der Waals surface area contributed by atoms with E-state index in [-0.39, 0.29) is 9.70 Å². The van der Waals surface area contributed by atoms with Gasteiger partial charge in [-0.25, -0.2) is 13.1 Å². The number of thiophene rings is 1. The second kappa shape index (κ2) is 5.82. The number of rotatable bonds is 4. The van der Waals surface area contributed by atoms with Gasteiger partial charge in [0.1, 0.15) is 13.1 Å². The number of nitrogens with one attached hydrogen (secondary N) is 1. The molecule has 1 aromatic heterocycles. The van der Waals surface area contributed by atoms with Crippen LogP contribution in [0.1, 0.15) is 11.6 Å². The number of carbonyl (C=O) groups excluding carboxylic acids is 1. The molecule has 1 aliphatic heterocycles. The Kier molecular flexibility index (Phi) is 4.34. The summed E-state index contributed by atoms with van der Waals surface area (Å²) >= 11 is 6.53. The number of nitrogens with zero attached hydrogens (tertiary/aromatic N) is 3. The predicted molar refractivity (Wildman–Crippen MR) is 74.0 cm³/mol. The Morgan fingerprint density at radius 3 is 2.89 bits per heavy atom. The van der Waals surface area contributed by atoms with E-state index in [0.717, 1.165) is 11.8 Å². The fourth-order valence-electron chi connectivity index (χ4n) is 1.90. The smallest absolute Gasteiger partial charge is 0.296 e. The van der Waals surface area contributed by atoms with Crippen molar-refractivity contribution in [3.05, 3.63) is 22.4 Å². The highest BCUT2D eigenvalue weighted by Crippen LogP contribution is 2.32. The van der Waals surface area contributed by atoms with Gasteiger partial charge in [-0.3, -0.25) is 4.79 Å². The molecule has 7 nitrogen and oxygen atoms in total. The summed E-state index contributed by atoms with van der Waals surface area (Å²) in [6.07, 6.45) is 0.720. The maximum atomic E-state index is 11.4. The van der Waals surface area contributed by atoms with Crippen LogP contribution in [0.5, 0.6) is 0 Å². The lowest BCUT2D eigenvalue weighted by Gasteiger charge is -2.29. The van der Waals surface area contributed by atoms with Crippen LogP contribution in [0.25, 0.3) is 0 Å². The lowest BCUT2D eigenvalue weighted by molar-refractivity contribution is -0.863. The van der Waals surface area contributed by atoms with Gasteiger partial charge in [0.15, 0.2) is 6.29 Å². The maximum absolute atomic E-state index is 11.4. The highest BCUT2D eigenvalue weighted by Gasteiger charge is 2.47. The Hall–Kier alpha value is -1.23. The van der Waals surface area contributed by atoms with E-state index in [1.165, 1.54) is 11.3 Å². The average molecular weight is 319 g/mol. The number of carbonyl (C=O) groups is 1. The molecule has 1 N–H and O–H groups in total. The molecule has 19 heavy (non-hydrogen) atoms. The zero-order valence-corrected chi connectivity index (χ0v) is 12.2. The fraction of sp³-hybridized carbons (Fsp3) is 0.333. The molecule has 2 rings (SSSR count). The van der Waals surface area contributed by atoms with Crippen molar-refractivity contribution in [2.45, 2.75) is 6.04 Å². The molecule has 0 saturated heterocycles. The molecule has 0 aromatic carbocycles. The second-order valence-electron chi connectivity index (χ2n) is 3.82. The summed E-state index contributed by atoms with van der Waals surface area (Å²) < 4.78 is 23.4. The van der Waals surface area contributed by atoms with E-state index >= 15 is 0 Å². The van der Waals surface area contributed by atoms with Gasteiger partial charge in [0.2, 0.25) is 16.9 Å². The third-order valence-corrected chi connectivity index (χ3v) is 4.44. The lowest BCUT2D eigenvalue weighted by atomic mass is 10.1. The van der Waals surface area contributed by atoms with E-state index in [0.29, 0.717) is 13.1 Å². The quantitative estimate of drug-likeness (QED) is 0.368. The Morgan fingerprint density at radius 2 is 2.42 bits per heavy atom. The van der Waals surface area contributed by atoms with Gasteiger partial charge in [0, 0.05) is 28.4 Å². The van der Waals surface area contributed by atoms with Crippen molar-refractivity contribution >= 4 is 45.8 Å². The number of quaternary nitrogens is 1. The van der Waals surface area contributed by atoms with Gasteiger partial charge in [-0.2, -0.15) is 11.3 Å². The van der Waals surface area contributed by atoms with E-state index in [1.807, 2.05) is 10.8 Å². The molecule has 0 amide bonds. The Balaban J connectivity index is 2.41. The third kappa shape index (κ3) is 2.71. The minimum atomic E-state index is -2.90. The van der Waals surface area contributed by atoms with E-state index < -0.39 is 16.9 Å². The van der Waals surface area contributed by atoms with Crippen molar-refractivity contribution in [1.29, 1.82) is 0 Å². The molecule has 0 saturated carbocycles. The first-order valence-electron chi connectivity index (χ1n) is 5.30. The van der Waals surface area contributed by atoms with Gasteiger partial charge < -0.3 is 0 Å². The summed E-state index contributed by atoms with van der Waals surface area (Å²) in [6.45, 7) is 0.750. The Morgan fingerprint density at radius 1 is 1.63 bits per heavy atom.